The number of imidazole rings is 1. The molecule has 212 valence electrons. The first-order valence-electron chi connectivity index (χ1n) is 12.8. The molecule has 0 unspecified atom stereocenters. The lowest BCUT2D eigenvalue weighted by Gasteiger charge is -2.41. The molecule has 13 heteroatoms. The van der Waals surface area contributed by atoms with Crippen LogP contribution in [0.3, 0.4) is 0 Å². The van der Waals surface area contributed by atoms with E-state index in [1.165, 1.54) is 6.07 Å². The first-order chi connectivity index (χ1) is 19.0. The number of benzene rings is 1. The maximum absolute atomic E-state index is 14.3. The minimum atomic E-state index is -5.15. The average molecular weight is 580 g/mol. The van der Waals surface area contributed by atoms with Crippen LogP contribution in [0, 0.1) is 5.82 Å². The molecule has 0 radical (unpaired) electrons. The highest BCUT2D eigenvalue weighted by atomic mass is 35.5. The maximum atomic E-state index is 14.3. The lowest BCUT2D eigenvalue weighted by Crippen LogP contribution is -2.63. The van der Waals surface area contributed by atoms with Crippen LogP contribution in [0.15, 0.2) is 49.1 Å². The Kier molecular flexibility index (Phi) is 7.47. The normalized spacial score (nSPS) is 20.9. The number of amides is 3. The minimum Gasteiger partial charge on any atom is -0.349 e. The molecule has 0 bridgehead atoms. The molecule has 8 nitrogen and oxygen atoms in total. The molecule has 0 spiro atoms. The van der Waals surface area contributed by atoms with E-state index in [1.54, 1.807) is 46.2 Å². The van der Waals surface area contributed by atoms with E-state index in [2.05, 4.69) is 10.3 Å². The van der Waals surface area contributed by atoms with E-state index < -0.39 is 41.3 Å². The number of halogens is 5. The highest BCUT2D eigenvalue weighted by Crippen LogP contribution is 2.35. The fourth-order valence-electron chi connectivity index (χ4n) is 5.75. The van der Waals surface area contributed by atoms with Gasteiger partial charge in [0.25, 0.3) is 5.91 Å². The van der Waals surface area contributed by atoms with Crippen LogP contribution < -0.4 is 10.6 Å². The van der Waals surface area contributed by atoms with Gasteiger partial charge in [-0.15, -0.1) is 0 Å². The fraction of sp³-hybridized carbons (Fsp3) is 0.407. The Labute approximate surface area is 231 Å². The van der Waals surface area contributed by atoms with E-state index in [-0.39, 0.29) is 36.9 Å². The minimum absolute atomic E-state index is 0.00185. The monoisotopic (exact) mass is 579 g/mol. The van der Waals surface area contributed by atoms with Crippen LogP contribution in [0.1, 0.15) is 53.9 Å². The first kappa shape index (κ1) is 27.9. The quantitative estimate of drug-likeness (QED) is 0.442. The van der Waals surface area contributed by atoms with Crippen molar-refractivity contribution in [3.8, 4) is 0 Å². The zero-order chi connectivity index (χ0) is 28.7. The summed E-state index contributed by atoms with van der Waals surface area (Å²) in [6.07, 6.45) is 1.02. The number of nitrogens with zero attached hydrogens (tertiary/aromatic N) is 3. The smallest absolute Gasteiger partial charge is 0.349 e. The van der Waals surface area contributed by atoms with Gasteiger partial charge in [0.2, 0.25) is 5.91 Å². The van der Waals surface area contributed by atoms with Crippen LogP contribution in [-0.4, -0.2) is 62.9 Å². The molecule has 1 saturated heterocycles. The number of fused-ring (bicyclic) bond motifs is 1. The Bertz CT molecular complexity index is 1430. The fourth-order valence-corrected chi connectivity index (χ4v) is 5.98. The molecule has 3 heterocycles. The molecule has 2 atom stereocenters. The number of hydrogen-bond donors (Lipinski definition) is 2. The van der Waals surface area contributed by atoms with E-state index >= 15 is 0 Å². The highest BCUT2D eigenvalue weighted by molar-refractivity contribution is 6.30. The summed E-state index contributed by atoms with van der Waals surface area (Å²) < 4.78 is 55.3. The molecular weight excluding hydrogens is 554 g/mol. The van der Waals surface area contributed by atoms with Gasteiger partial charge >= 0.3 is 12.1 Å². The molecule has 1 aliphatic carbocycles. The Balaban J connectivity index is 1.44. The molecular formula is C27H26ClF4N5O3. The van der Waals surface area contributed by atoms with Crippen molar-refractivity contribution in [3.05, 3.63) is 71.0 Å². The zero-order valence-corrected chi connectivity index (χ0v) is 21.9. The van der Waals surface area contributed by atoms with E-state index in [0.717, 1.165) is 6.07 Å². The third kappa shape index (κ3) is 5.49. The van der Waals surface area contributed by atoms with Gasteiger partial charge in [0.1, 0.15) is 11.4 Å². The second-order valence-electron chi connectivity index (χ2n) is 10.3. The van der Waals surface area contributed by atoms with Crippen molar-refractivity contribution >= 4 is 34.8 Å². The summed E-state index contributed by atoms with van der Waals surface area (Å²) in [5.74, 6) is -4.35. The van der Waals surface area contributed by atoms with Crippen LogP contribution in [0.4, 0.5) is 17.6 Å². The topological polar surface area (TPSA) is 95.8 Å². The number of nitrogens with one attached hydrogen (secondary N) is 2. The first-order valence-corrected chi connectivity index (χ1v) is 13.2. The number of carbonyl (C=O) groups excluding carboxylic acids is 3. The van der Waals surface area contributed by atoms with Gasteiger partial charge in [-0.25, -0.2) is 9.37 Å². The van der Waals surface area contributed by atoms with Crippen LogP contribution in [0.25, 0.3) is 5.52 Å². The molecule has 3 aromatic rings. The highest BCUT2D eigenvalue weighted by Gasteiger charge is 2.49. The maximum Gasteiger partial charge on any atom is 0.471 e. The van der Waals surface area contributed by atoms with Gasteiger partial charge in [-0.3, -0.25) is 14.4 Å². The summed E-state index contributed by atoms with van der Waals surface area (Å²) >= 11 is 6.10. The van der Waals surface area contributed by atoms with Crippen LogP contribution in [-0.2, 0) is 9.59 Å². The Hall–Kier alpha value is -3.67. The number of pyridine rings is 1. The van der Waals surface area contributed by atoms with E-state index in [0.29, 0.717) is 35.9 Å². The second kappa shape index (κ2) is 10.7. The van der Waals surface area contributed by atoms with Gasteiger partial charge in [0.15, 0.2) is 0 Å². The van der Waals surface area contributed by atoms with Crippen molar-refractivity contribution in [3.63, 3.8) is 0 Å². The van der Waals surface area contributed by atoms with Crippen LogP contribution in [0.2, 0.25) is 5.02 Å². The van der Waals surface area contributed by atoms with Crippen LogP contribution in [0.5, 0.6) is 0 Å². The van der Waals surface area contributed by atoms with Gasteiger partial charge in [0.05, 0.1) is 29.6 Å². The third-order valence-electron chi connectivity index (χ3n) is 7.71. The molecule has 2 aromatic heterocycles. The van der Waals surface area contributed by atoms with Crippen molar-refractivity contribution in [1.29, 1.82) is 0 Å². The second-order valence-corrected chi connectivity index (χ2v) is 10.7. The van der Waals surface area contributed by atoms with E-state index in [1.807, 2.05) is 5.32 Å². The third-order valence-corrected chi connectivity index (χ3v) is 7.93. The summed E-state index contributed by atoms with van der Waals surface area (Å²) in [5.41, 5.74) is -0.277. The Morgan fingerprint density at radius 2 is 1.88 bits per heavy atom. The molecule has 1 saturated carbocycles. The van der Waals surface area contributed by atoms with Gasteiger partial charge in [-0.1, -0.05) is 24.4 Å². The SMILES string of the molecule is O=C(c1cccn2cncc12)N1CC[C@@H](c2cc(F)cc(Cl)c2)[C@H](NC(=O)C2(NC(=O)C(F)(F)F)CCCC2)C1. The summed E-state index contributed by atoms with van der Waals surface area (Å²) in [5, 5.41) is 4.89. The summed E-state index contributed by atoms with van der Waals surface area (Å²) in [4.78, 5) is 44.6. The Morgan fingerprint density at radius 3 is 2.58 bits per heavy atom. The predicted octanol–water partition coefficient (Wildman–Crippen LogP) is 4.23. The molecule has 1 aromatic carbocycles. The average Bonchev–Trinajstić information content (AvgIpc) is 3.57. The van der Waals surface area contributed by atoms with Crippen molar-refractivity contribution in [2.45, 2.75) is 55.8 Å². The summed E-state index contributed by atoms with van der Waals surface area (Å²) in [6.45, 7) is 0.275. The number of alkyl halides is 3. The summed E-state index contributed by atoms with van der Waals surface area (Å²) in [7, 11) is 0. The number of likely N-dealkylation sites (tertiary alicyclic amines) is 1. The lowest BCUT2D eigenvalue weighted by molar-refractivity contribution is -0.176. The number of carbonyl (C=O) groups is 3. The zero-order valence-electron chi connectivity index (χ0n) is 21.2. The van der Waals surface area contributed by atoms with Crippen molar-refractivity contribution < 1.29 is 31.9 Å². The Morgan fingerprint density at radius 1 is 1.12 bits per heavy atom. The van der Waals surface area contributed by atoms with E-state index in [9.17, 15) is 31.9 Å². The molecule has 2 fully saturated rings. The number of piperidine rings is 1. The molecule has 3 amide bonds. The van der Waals surface area contributed by atoms with Gasteiger partial charge < -0.3 is 19.9 Å². The van der Waals surface area contributed by atoms with Gasteiger partial charge in [-0.05, 0) is 55.2 Å². The number of hydrogen-bond acceptors (Lipinski definition) is 4. The van der Waals surface area contributed by atoms with Gasteiger partial charge in [-0.2, -0.15) is 13.2 Å². The number of rotatable bonds is 5. The van der Waals surface area contributed by atoms with E-state index in [4.69, 9.17) is 11.6 Å². The lowest BCUT2D eigenvalue weighted by atomic mass is 9.84. The van der Waals surface area contributed by atoms with Gasteiger partial charge in [0, 0.05) is 30.2 Å². The van der Waals surface area contributed by atoms with Crippen molar-refractivity contribution in [2.75, 3.05) is 13.1 Å². The number of aromatic nitrogens is 2. The molecule has 5 rings (SSSR count). The summed E-state index contributed by atoms with van der Waals surface area (Å²) in [6, 6.07) is 6.56. The standard InChI is InChI=1S/C27H26ClF4N5O3/c28-17-10-16(11-18(29)12-17)19-5-9-36(23(38)20-4-3-8-37-15-33-13-22(20)37)14-21(19)34-24(39)26(6-1-2-7-26)35-25(40)27(30,31)32/h3-4,8,10-13,15,19,21H,1-2,5-7,9,14H2,(H,34,39)(H,35,40)/t19-,21+/m0/s1. The largest absolute Gasteiger partial charge is 0.471 e. The molecule has 1 aliphatic heterocycles. The van der Waals surface area contributed by atoms with Crippen molar-refractivity contribution in [2.24, 2.45) is 0 Å². The molecule has 2 aliphatic rings. The van der Waals surface area contributed by atoms with Crippen molar-refractivity contribution in [1.82, 2.24) is 24.9 Å². The predicted molar refractivity (Wildman–Crippen MR) is 137 cm³/mol. The molecule has 40 heavy (non-hydrogen) atoms. The van der Waals surface area contributed by atoms with Crippen LogP contribution >= 0.6 is 11.6 Å². The molecule has 2 N–H and O–H groups in total.